The molecule has 3 aromatic rings. The molecule has 0 aliphatic carbocycles. The number of amides is 2. The summed E-state index contributed by atoms with van der Waals surface area (Å²) < 4.78 is 1.32. The number of hydrogen-bond acceptors (Lipinski definition) is 4. The van der Waals surface area contributed by atoms with Crippen molar-refractivity contribution < 1.29 is 9.59 Å². The lowest BCUT2D eigenvalue weighted by Gasteiger charge is -2.06. The number of benzene rings is 2. The largest absolute Gasteiger partial charge is 0.324 e. The highest BCUT2D eigenvalue weighted by atomic mass is 35.5. The van der Waals surface area contributed by atoms with Crippen molar-refractivity contribution in [1.82, 2.24) is 14.8 Å². The van der Waals surface area contributed by atoms with Crippen LogP contribution in [-0.4, -0.2) is 26.6 Å². The van der Waals surface area contributed by atoms with Crippen molar-refractivity contribution in [1.29, 1.82) is 0 Å². The minimum Gasteiger partial charge on any atom is -0.324 e. The Morgan fingerprint density at radius 3 is 2.52 bits per heavy atom. The van der Waals surface area contributed by atoms with E-state index in [2.05, 4.69) is 20.7 Å². The number of carbonyl (C=O) groups is 2. The van der Waals surface area contributed by atoms with E-state index in [0.29, 0.717) is 21.3 Å². The van der Waals surface area contributed by atoms with Gasteiger partial charge in [-0.15, -0.1) is 5.10 Å². The first-order valence-electron chi connectivity index (χ1n) is 7.93. The number of hydrogen-bond donors (Lipinski definition) is 2. The van der Waals surface area contributed by atoms with Crippen LogP contribution in [0.15, 0.2) is 48.8 Å². The Bertz CT molecular complexity index is 986. The molecule has 0 atom stereocenters. The molecule has 1 heterocycles. The van der Waals surface area contributed by atoms with Crippen LogP contribution in [0.5, 0.6) is 0 Å². The molecule has 0 bridgehead atoms. The van der Waals surface area contributed by atoms with Crippen molar-refractivity contribution in [3.8, 4) is 0 Å². The normalized spacial score (nSPS) is 10.5. The number of rotatable bonds is 5. The molecule has 3 rings (SSSR count). The van der Waals surface area contributed by atoms with Gasteiger partial charge in [-0.05, 0) is 48.9 Å². The third-order valence-electron chi connectivity index (χ3n) is 3.63. The van der Waals surface area contributed by atoms with Crippen LogP contribution in [0.4, 0.5) is 11.6 Å². The minimum atomic E-state index is -0.372. The quantitative estimate of drug-likeness (QED) is 0.677. The summed E-state index contributed by atoms with van der Waals surface area (Å²) in [5.74, 6) is -0.570. The highest BCUT2D eigenvalue weighted by molar-refractivity contribution is 6.31. The van der Waals surface area contributed by atoms with Crippen LogP contribution in [-0.2, 0) is 11.3 Å². The van der Waals surface area contributed by atoms with Gasteiger partial charge in [0.1, 0.15) is 12.9 Å². The third kappa shape index (κ3) is 5.06. The van der Waals surface area contributed by atoms with Gasteiger partial charge in [0.25, 0.3) is 5.91 Å². The van der Waals surface area contributed by atoms with E-state index >= 15 is 0 Å². The smallest absolute Gasteiger partial charge is 0.258 e. The van der Waals surface area contributed by atoms with E-state index in [1.54, 1.807) is 36.4 Å². The molecule has 27 heavy (non-hydrogen) atoms. The maximum absolute atomic E-state index is 12.1. The van der Waals surface area contributed by atoms with Gasteiger partial charge in [-0.1, -0.05) is 29.3 Å². The lowest BCUT2D eigenvalue weighted by molar-refractivity contribution is -0.116. The molecule has 0 radical (unpaired) electrons. The molecule has 0 unspecified atom stereocenters. The molecular formula is C18H15Cl2N5O2. The van der Waals surface area contributed by atoms with E-state index in [4.69, 9.17) is 23.2 Å². The van der Waals surface area contributed by atoms with E-state index in [9.17, 15) is 9.59 Å². The lowest BCUT2D eigenvalue weighted by atomic mass is 10.2. The average molecular weight is 404 g/mol. The highest BCUT2D eigenvalue weighted by Crippen LogP contribution is 2.20. The molecule has 9 heteroatoms. The predicted molar refractivity (Wildman–Crippen MR) is 104 cm³/mol. The van der Waals surface area contributed by atoms with Crippen molar-refractivity contribution in [3.63, 3.8) is 0 Å². The fourth-order valence-corrected chi connectivity index (χ4v) is 2.53. The number of nitrogens with zero attached hydrogens (tertiary/aromatic N) is 3. The summed E-state index contributed by atoms with van der Waals surface area (Å²) in [6.07, 6.45) is 1.36. The van der Waals surface area contributed by atoms with Crippen molar-refractivity contribution in [3.05, 3.63) is 70.0 Å². The van der Waals surface area contributed by atoms with Crippen LogP contribution < -0.4 is 10.6 Å². The fraction of sp³-hybridized carbons (Fsp3) is 0.111. The van der Waals surface area contributed by atoms with E-state index in [-0.39, 0.29) is 24.3 Å². The topological polar surface area (TPSA) is 88.9 Å². The zero-order valence-electron chi connectivity index (χ0n) is 14.2. The zero-order chi connectivity index (χ0) is 19.4. The number of aromatic nitrogens is 3. The van der Waals surface area contributed by atoms with E-state index < -0.39 is 0 Å². The van der Waals surface area contributed by atoms with E-state index in [1.807, 2.05) is 13.0 Å². The van der Waals surface area contributed by atoms with Gasteiger partial charge in [0, 0.05) is 21.3 Å². The van der Waals surface area contributed by atoms with E-state index in [0.717, 1.165) is 5.56 Å². The van der Waals surface area contributed by atoms with Gasteiger partial charge in [-0.3, -0.25) is 14.9 Å². The standard InChI is InChI=1S/C18H15Cl2N5O2/c1-11-2-7-14(8-15(11)20)22-16(26)9-25-10-21-18(24-25)23-17(27)12-3-5-13(19)6-4-12/h2-8,10H,9H2,1H3,(H,22,26)(H,23,24,27). The summed E-state index contributed by atoms with van der Waals surface area (Å²) >= 11 is 11.8. The van der Waals surface area contributed by atoms with Crippen LogP contribution in [0.25, 0.3) is 0 Å². The summed E-state index contributed by atoms with van der Waals surface area (Å²) in [7, 11) is 0. The molecule has 0 aliphatic heterocycles. The Labute approximate surface area is 165 Å². The first-order valence-corrected chi connectivity index (χ1v) is 8.68. The van der Waals surface area contributed by atoms with Gasteiger partial charge >= 0.3 is 0 Å². The van der Waals surface area contributed by atoms with Gasteiger partial charge < -0.3 is 5.32 Å². The fourth-order valence-electron chi connectivity index (χ4n) is 2.22. The maximum atomic E-state index is 12.1. The molecule has 138 valence electrons. The van der Waals surface area contributed by atoms with Crippen LogP contribution >= 0.6 is 23.2 Å². The number of aryl methyl sites for hydroxylation is 1. The Kier molecular flexibility index (Phi) is 5.73. The molecule has 0 fully saturated rings. The molecule has 2 amide bonds. The average Bonchev–Trinajstić information content (AvgIpc) is 3.05. The second-order valence-corrected chi connectivity index (χ2v) is 6.58. The van der Waals surface area contributed by atoms with Crippen LogP contribution in [0, 0.1) is 6.92 Å². The van der Waals surface area contributed by atoms with Gasteiger partial charge in [0.05, 0.1) is 0 Å². The summed E-state index contributed by atoms with van der Waals surface area (Å²) in [6.45, 7) is 1.82. The summed E-state index contributed by atoms with van der Waals surface area (Å²) in [5, 5.41) is 10.5. The van der Waals surface area contributed by atoms with Gasteiger partial charge in [-0.2, -0.15) is 0 Å². The first-order chi connectivity index (χ1) is 12.9. The molecule has 0 saturated heterocycles. The molecule has 0 spiro atoms. The van der Waals surface area contributed by atoms with Gasteiger partial charge in [0.2, 0.25) is 11.9 Å². The highest BCUT2D eigenvalue weighted by Gasteiger charge is 2.11. The van der Waals surface area contributed by atoms with Crippen LogP contribution in [0.2, 0.25) is 10.0 Å². The van der Waals surface area contributed by atoms with Crippen LogP contribution in [0.3, 0.4) is 0 Å². The van der Waals surface area contributed by atoms with Gasteiger partial charge in [-0.25, -0.2) is 9.67 Å². The third-order valence-corrected chi connectivity index (χ3v) is 4.29. The predicted octanol–water partition coefficient (Wildman–Crippen LogP) is 3.78. The first kappa shape index (κ1) is 18.9. The lowest BCUT2D eigenvalue weighted by Crippen LogP contribution is -2.19. The Morgan fingerprint density at radius 1 is 1.07 bits per heavy atom. The summed E-state index contributed by atoms with van der Waals surface area (Å²) in [4.78, 5) is 28.2. The van der Waals surface area contributed by atoms with Crippen molar-refractivity contribution in [2.75, 3.05) is 10.6 Å². The zero-order valence-corrected chi connectivity index (χ0v) is 15.8. The number of nitrogens with one attached hydrogen (secondary N) is 2. The monoisotopic (exact) mass is 403 g/mol. The van der Waals surface area contributed by atoms with E-state index in [1.165, 1.54) is 11.0 Å². The Morgan fingerprint density at radius 2 is 1.81 bits per heavy atom. The minimum absolute atomic E-state index is 0.0602. The maximum Gasteiger partial charge on any atom is 0.258 e. The second-order valence-electron chi connectivity index (χ2n) is 5.74. The summed E-state index contributed by atoms with van der Waals surface area (Å²) in [5.41, 5.74) is 1.93. The Balaban J connectivity index is 1.58. The molecule has 2 aromatic carbocycles. The molecule has 7 nitrogen and oxygen atoms in total. The molecule has 0 aliphatic rings. The molecule has 1 aromatic heterocycles. The number of carbonyl (C=O) groups excluding carboxylic acids is 2. The SMILES string of the molecule is Cc1ccc(NC(=O)Cn2cnc(NC(=O)c3ccc(Cl)cc3)n2)cc1Cl. The van der Waals surface area contributed by atoms with Crippen molar-refractivity contribution in [2.24, 2.45) is 0 Å². The Hall–Kier alpha value is -2.90. The molecular weight excluding hydrogens is 389 g/mol. The van der Waals surface area contributed by atoms with Crippen molar-refractivity contribution >= 4 is 46.7 Å². The molecule has 0 saturated carbocycles. The van der Waals surface area contributed by atoms with Crippen molar-refractivity contribution in [2.45, 2.75) is 13.5 Å². The molecule has 2 N–H and O–H groups in total. The van der Waals surface area contributed by atoms with Gasteiger partial charge in [0.15, 0.2) is 0 Å². The number of anilines is 2. The van der Waals surface area contributed by atoms with Crippen LogP contribution in [0.1, 0.15) is 15.9 Å². The number of halogens is 2. The second kappa shape index (κ2) is 8.20. The summed E-state index contributed by atoms with van der Waals surface area (Å²) in [6, 6.07) is 11.7.